The zero-order valence-electron chi connectivity index (χ0n) is 8.73. The molecule has 0 saturated carbocycles. The van der Waals surface area contributed by atoms with Crippen molar-refractivity contribution >= 4 is 17.3 Å². The first-order valence-electron chi connectivity index (χ1n) is 4.84. The number of carbonyl (C=O) groups is 2. The molecule has 1 aromatic rings. The van der Waals surface area contributed by atoms with Crippen molar-refractivity contribution in [3.05, 3.63) is 34.8 Å². The highest BCUT2D eigenvalue weighted by Crippen LogP contribution is 2.28. The summed E-state index contributed by atoms with van der Waals surface area (Å²) in [6.07, 6.45) is -4.91. The molecule has 1 unspecified atom stereocenters. The van der Waals surface area contributed by atoms with Crippen molar-refractivity contribution in [3.8, 4) is 0 Å². The summed E-state index contributed by atoms with van der Waals surface area (Å²) in [7, 11) is 0. The van der Waals surface area contributed by atoms with Crippen LogP contribution in [0.25, 0.3) is 5.57 Å². The number of carboxylic acid groups (broad SMARTS) is 1. The van der Waals surface area contributed by atoms with E-state index in [1.165, 1.54) is 18.2 Å². The van der Waals surface area contributed by atoms with Gasteiger partial charge in [-0.15, -0.1) is 0 Å². The first-order valence-corrected chi connectivity index (χ1v) is 4.84. The van der Waals surface area contributed by atoms with Crippen LogP contribution < -0.4 is 10.6 Å². The van der Waals surface area contributed by atoms with Crippen molar-refractivity contribution < 1.29 is 27.9 Å². The summed E-state index contributed by atoms with van der Waals surface area (Å²) in [6.45, 7) is 0. The Bertz CT molecular complexity index is 648. The fraction of sp³-hybridized carbons (Fsp3) is 0.182. The van der Waals surface area contributed by atoms with Gasteiger partial charge in [-0.25, -0.2) is 4.79 Å². The molecule has 0 aromatic heterocycles. The summed E-state index contributed by atoms with van der Waals surface area (Å²) >= 11 is 0. The number of halogens is 3. The highest BCUT2D eigenvalue weighted by Gasteiger charge is 2.45. The minimum atomic E-state index is -4.91. The number of aliphatic carboxylic acids is 1. The van der Waals surface area contributed by atoms with E-state index >= 15 is 0 Å². The number of carboxylic acids is 1. The van der Waals surface area contributed by atoms with Crippen LogP contribution in [0, 0.1) is 0 Å². The molecule has 1 heterocycles. The smallest absolute Gasteiger partial charge is 0.420 e. The largest absolute Gasteiger partial charge is 0.479 e. The number of carbonyl (C=O) groups excluding carboxylic acids is 1. The molecule has 1 aliphatic rings. The topological polar surface area (TPSA) is 66.7 Å². The number of hydrogen-bond acceptors (Lipinski definition) is 3. The van der Waals surface area contributed by atoms with Gasteiger partial charge in [0.2, 0.25) is 11.8 Å². The maximum absolute atomic E-state index is 12.8. The van der Waals surface area contributed by atoms with E-state index in [2.05, 4.69) is 4.99 Å². The molecule has 0 radical (unpaired) electrons. The second-order valence-corrected chi connectivity index (χ2v) is 3.62. The number of hydrogen-bond donors (Lipinski definition) is 1. The molecule has 0 saturated heterocycles. The maximum atomic E-state index is 12.8. The molecule has 0 aliphatic carbocycles. The number of ketones is 1. The zero-order valence-corrected chi connectivity index (χ0v) is 8.73. The summed E-state index contributed by atoms with van der Waals surface area (Å²) < 4.78 is 38.4. The molecular formula is C11H6F3NO3. The Labute approximate surface area is 98.1 Å². The SMILES string of the molecule is O=C(O)C1N=c2ccccc2=C(C(F)(F)F)C1=O. The van der Waals surface area contributed by atoms with E-state index in [1.54, 1.807) is 0 Å². The highest BCUT2D eigenvalue weighted by atomic mass is 19.4. The summed E-state index contributed by atoms with van der Waals surface area (Å²) in [4.78, 5) is 25.8. The fourth-order valence-electron chi connectivity index (χ4n) is 1.72. The van der Waals surface area contributed by atoms with Gasteiger partial charge in [0.05, 0.1) is 5.36 Å². The first-order chi connectivity index (χ1) is 8.32. The Kier molecular flexibility index (Phi) is 2.68. The monoisotopic (exact) mass is 257 g/mol. The first kappa shape index (κ1) is 12.3. The molecule has 0 fully saturated rings. The lowest BCUT2D eigenvalue weighted by atomic mass is 9.98. The lowest BCUT2D eigenvalue weighted by Crippen LogP contribution is -2.46. The molecule has 0 spiro atoms. The summed E-state index contributed by atoms with van der Waals surface area (Å²) in [5.41, 5.74) is -1.46. The van der Waals surface area contributed by atoms with E-state index in [9.17, 15) is 22.8 Å². The van der Waals surface area contributed by atoms with E-state index in [0.717, 1.165) is 6.07 Å². The summed E-state index contributed by atoms with van der Waals surface area (Å²) in [5.74, 6) is -3.23. The third-order valence-electron chi connectivity index (χ3n) is 2.45. The van der Waals surface area contributed by atoms with E-state index in [1.807, 2.05) is 0 Å². The Morgan fingerprint density at radius 3 is 2.44 bits per heavy atom. The minimum absolute atomic E-state index is 0.142. The molecule has 1 aliphatic heterocycles. The molecule has 0 bridgehead atoms. The molecule has 1 N–H and O–H groups in total. The number of rotatable bonds is 1. The van der Waals surface area contributed by atoms with Gasteiger partial charge in [0.15, 0.2) is 0 Å². The van der Waals surface area contributed by atoms with Crippen LogP contribution in [-0.4, -0.2) is 29.1 Å². The Balaban J connectivity index is 2.86. The number of para-hydroxylation sites is 1. The van der Waals surface area contributed by atoms with Crippen LogP contribution in [0.4, 0.5) is 13.2 Å². The minimum Gasteiger partial charge on any atom is -0.479 e. The normalized spacial score (nSPS) is 19.2. The van der Waals surface area contributed by atoms with Gasteiger partial charge in [0.25, 0.3) is 0 Å². The van der Waals surface area contributed by atoms with Crippen LogP contribution in [0.3, 0.4) is 0 Å². The number of nitrogens with zero attached hydrogens (tertiary/aromatic N) is 1. The Hall–Kier alpha value is -2.18. The van der Waals surface area contributed by atoms with Crippen LogP contribution in [0.15, 0.2) is 29.3 Å². The third kappa shape index (κ3) is 1.87. The van der Waals surface area contributed by atoms with Crippen molar-refractivity contribution in [3.63, 3.8) is 0 Å². The average Bonchev–Trinajstić information content (AvgIpc) is 2.25. The van der Waals surface area contributed by atoms with E-state index < -0.39 is 29.5 Å². The van der Waals surface area contributed by atoms with Crippen molar-refractivity contribution in [1.82, 2.24) is 0 Å². The molecule has 7 heteroatoms. The third-order valence-corrected chi connectivity index (χ3v) is 2.45. The molecule has 4 nitrogen and oxygen atoms in total. The summed E-state index contributed by atoms with van der Waals surface area (Å²) in [5, 5.41) is 8.20. The van der Waals surface area contributed by atoms with E-state index in [-0.39, 0.29) is 10.6 Å². The van der Waals surface area contributed by atoms with Crippen LogP contribution in [-0.2, 0) is 9.59 Å². The lowest BCUT2D eigenvalue weighted by molar-refractivity contribution is -0.142. The predicted molar refractivity (Wildman–Crippen MR) is 53.1 cm³/mol. The fourth-order valence-corrected chi connectivity index (χ4v) is 1.72. The number of alkyl halides is 3. The standard InChI is InChI=1S/C11H6F3NO3/c12-11(13,14)7-5-3-1-2-4-6(5)15-8(9(7)16)10(17)18/h1-4,8H,(H,17,18). The zero-order chi connectivity index (χ0) is 13.5. The lowest BCUT2D eigenvalue weighted by Gasteiger charge is -2.17. The van der Waals surface area contributed by atoms with Gasteiger partial charge in [0, 0.05) is 5.22 Å². The molecule has 94 valence electrons. The second-order valence-electron chi connectivity index (χ2n) is 3.62. The van der Waals surface area contributed by atoms with Gasteiger partial charge < -0.3 is 5.11 Å². The quantitative estimate of drug-likeness (QED) is 0.723. The number of Topliss-reactive ketones (excluding diaryl/α,β-unsaturated/α-hetero) is 1. The van der Waals surface area contributed by atoms with Gasteiger partial charge >= 0.3 is 12.1 Å². The van der Waals surface area contributed by atoms with E-state index in [0.29, 0.717) is 0 Å². The second kappa shape index (κ2) is 3.94. The Morgan fingerprint density at radius 2 is 1.89 bits per heavy atom. The predicted octanol–water partition coefficient (Wildman–Crippen LogP) is 0.0551. The van der Waals surface area contributed by atoms with Gasteiger partial charge in [-0.1, -0.05) is 18.2 Å². The molecule has 1 aromatic carbocycles. The molecule has 0 amide bonds. The van der Waals surface area contributed by atoms with Crippen molar-refractivity contribution in [2.45, 2.75) is 12.2 Å². The van der Waals surface area contributed by atoms with Crippen LogP contribution in [0.1, 0.15) is 0 Å². The van der Waals surface area contributed by atoms with Crippen LogP contribution in [0.2, 0.25) is 0 Å². The van der Waals surface area contributed by atoms with Crippen molar-refractivity contribution in [2.24, 2.45) is 4.99 Å². The molecule has 2 rings (SSSR count). The van der Waals surface area contributed by atoms with Gasteiger partial charge in [-0.2, -0.15) is 13.2 Å². The average molecular weight is 257 g/mol. The number of benzene rings is 1. The summed E-state index contributed by atoms with van der Waals surface area (Å²) in [6, 6.07) is 3.05. The van der Waals surface area contributed by atoms with Gasteiger partial charge in [0.1, 0.15) is 5.57 Å². The van der Waals surface area contributed by atoms with Crippen molar-refractivity contribution in [2.75, 3.05) is 0 Å². The highest BCUT2D eigenvalue weighted by molar-refractivity contribution is 6.26. The van der Waals surface area contributed by atoms with Gasteiger partial charge in [-0.05, 0) is 6.07 Å². The Morgan fingerprint density at radius 1 is 1.28 bits per heavy atom. The molecular weight excluding hydrogens is 251 g/mol. The number of fused-ring (bicyclic) bond motifs is 1. The maximum Gasteiger partial charge on any atom is 0.420 e. The van der Waals surface area contributed by atoms with Crippen molar-refractivity contribution in [1.29, 1.82) is 0 Å². The van der Waals surface area contributed by atoms with Gasteiger partial charge in [-0.3, -0.25) is 9.79 Å². The molecule has 1 atom stereocenters. The van der Waals surface area contributed by atoms with E-state index in [4.69, 9.17) is 5.11 Å². The van der Waals surface area contributed by atoms with Crippen LogP contribution in [0.5, 0.6) is 0 Å². The van der Waals surface area contributed by atoms with Crippen LogP contribution >= 0.6 is 0 Å². The molecule has 18 heavy (non-hydrogen) atoms.